The SMILES string of the molecule is CC(C)[C@H]1C[C@H]2[C@@]3(C)C[C@@H]1C[C@]2(C)[C@@H](SC#N)C3. The van der Waals surface area contributed by atoms with Crippen LogP contribution in [0.3, 0.4) is 0 Å². The van der Waals surface area contributed by atoms with Crippen LogP contribution in [0.15, 0.2) is 0 Å². The number of fused-ring (bicyclic) bond motifs is 1. The average molecular weight is 263 g/mol. The second-order valence-electron chi connectivity index (χ2n) is 7.93. The van der Waals surface area contributed by atoms with Gasteiger partial charge in [0.15, 0.2) is 0 Å². The topological polar surface area (TPSA) is 23.8 Å². The normalized spacial score (nSPS) is 53.8. The lowest BCUT2D eigenvalue weighted by Gasteiger charge is -2.58. The molecule has 0 aliphatic heterocycles. The monoisotopic (exact) mass is 263 g/mol. The summed E-state index contributed by atoms with van der Waals surface area (Å²) in [5, 5.41) is 12.0. The fourth-order valence-electron chi connectivity index (χ4n) is 5.93. The maximum absolute atomic E-state index is 9.07. The van der Waals surface area contributed by atoms with Gasteiger partial charge in [-0.15, -0.1) is 0 Å². The predicted octanol–water partition coefficient (Wildman–Crippen LogP) is 4.69. The van der Waals surface area contributed by atoms with E-state index in [2.05, 4.69) is 33.1 Å². The highest BCUT2D eigenvalue weighted by Gasteiger charge is 2.66. The minimum Gasteiger partial charge on any atom is -0.185 e. The number of nitriles is 1. The summed E-state index contributed by atoms with van der Waals surface area (Å²) in [7, 11) is 0. The quantitative estimate of drug-likeness (QED) is 0.675. The molecule has 6 atom stereocenters. The molecule has 1 nitrogen and oxygen atoms in total. The van der Waals surface area contributed by atoms with Crippen LogP contribution in [0.25, 0.3) is 0 Å². The Morgan fingerprint density at radius 1 is 1.22 bits per heavy atom. The zero-order valence-corrected chi connectivity index (χ0v) is 12.9. The Balaban J connectivity index is 1.93. The van der Waals surface area contributed by atoms with Crippen molar-refractivity contribution in [3.8, 4) is 5.40 Å². The van der Waals surface area contributed by atoms with E-state index in [0.29, 0.717) is 16.1 Å². The van der Waals surface area contributed by atoms with E-state index >= 15 is 0 Å². The smallest absolute Gasteiger partial charge is 0.133 e. The molecule has 0 spiro atoms. The maximum atomic E-state index is 9.07. The van der Waals surface area contributed by atoms with Gasteiger partial charge in [0.05, 0.1) is 0 Å². The van der Waals surface area contributed by atoms with E-state index in [-0.39, 0.29) is 0 Å². The van der Waals surface area contributed by atoms with Crippen molar-refractivity contribution in [1.29, 1.82) is 5.26 Å². The minimum atomic E-state index is 0.448. The molecule has 18 heavy (non-hydrogen) atoms. The van der Waals surface area contributed by atoms with E-state index in [9.17, 15) is 0 Å². The summed E-state index contributed by atoms with van der Waals surface area (Å²) in [6.07, 6.45) is 5.53. The molecule has 0 radical (unpaired) electrons. The van der Waals surface area contributed by atoms with Gasteiger partial charge in [-0.2, -0.15) is 5.26 Å². The summed E-state index contributed by atoms with van der Waals surface area (Å²) < 4.78 is 0. The first kappa shape index (κ1) is 12.9. The maximum Gasteiger partial charge on any atom is 0.133 e. The third kappa shape index (κ3) is 1.52. The van der Waals surface area contributed by atoms with Crippen LogP contribution < -0.4 is 0 Å². The number of thiocyanates is 1. The molecule has 0 amide bonds. The van der Waals surface area contributed by atoms with Gasteiger partial charge in [-0.05, 0) is 71.9 Å². The van der Waals surface area contributed by atoms with Gasteiger partial charge in [-0.25, -0.2) is 0 Å². The molecule has 0 aromatic rings. The molecule has 4 aliphatic carbocycles. The molecule has 0 aromatic carbocycles. The highest BCUT2D eigenvalue weighted by molar-refractivity contribution is 8.04. The van der Waals surface area contributed by atoms with Gasteiger partial charge in [0.2, 0.25) is 0 Å². The molecule has 2 heteroatoms. The molecule has 0 saturated heterocycles. The van der Waals surface area contributed by atoms with Crippen molar-refractivity contribution in [2.24, 2.45) is 34.5 Å². The Hall–Kier alpha value is -0.160. The Labute approximate surface area is 116 Å². The van der Waals surface area contributed by atoms with E-state index in [1.165, 1.54) is 25.7 Å². The van der Waals surface area contributed by atoms with Crippen LogP contribution >= 0.6 is 11.8 Å². The van der Waals surface area contributed by atoms with E-state index in [0.717, 1.165) is 23.7 Å². The van der Waals surface area contributed by atoms with Gasteiger partial charge in [-0.1, -0.05) is 27.7 Å². The van der Waals surface area contributed by atoms with Crippen molar-refractivity contribution in [1.82, 2.24) is 0 Å². The molecule has 4 fully saturated rings. The van der Waals surface area contributed by atoms with Crippen LogP contribution in [-0.2, 0) is 0 Å². The third-order valence-corrected chi connectivity index (χ3v) is 7.71. The molecule has 0 unspecified atom stereocenters. The van der Waals surface area contributed by atoms with Crippen LogP contribution in [-0.4, -0.2) is 5.25 Å². The van der Waals surface area contributed by atoms with Crippen LogP contribution in [0, 0.1) is 45.2 Å². The first-order valence-electron chi connectivity index (χ1n) is 7.45. The number of thioether (sulfide) groups is 1. The van der Waals surface area contributed by atoms with Crippen LogP contribution in [0.2, 0.25) is 0 Å². The molecule has 4 rings (SSSR count). The lowest BCUT2D eigenvalue weighted by Crippen LogP contribution is -2.51. The fraction of sp³-hybridized carbons (Fsp3) is 0.938. The second-order valence-corrected chi connectivity index (χ2v) is 8.91. The number of hydrogen-bond acceptors (Lipinski definition) is 2. The number of rotatable bonds is 2. The average Bonchev–Trinajstić information content (AvgIpc) is 2.41. The van der Waals surface area contributed by atoms with Gasteiger partial charge in [0.1, 0.15) is 5.40 Å². The summed E-state index contributed by atoms with van der Waals surface area (Å²) in [6, 6.07) is 0. The number of nitrogens with zero attached hydrogens (tertiary/aromatic N) is 1. The summed E-state index contributed by atoms with van der Waals surface area (Å²) in [4.78, 5) is 0. The largest absolute Gasteiger partial charge is 0.185 e. The van der Waals surface area contributed by atoms with Gasteiger partial charge < -0.3 is 0 Å². The van der Waals surface area contributed by atoms with Crippen molar-refractivity contribution in [3.63, 3.8) is 0 Å². The second kappa shape index (κ2) is 3.92. The van der Waals surface area contributed by atoms with Crippen molar-refractivity contribution in [2.75, 3.05) is 0 Å². The molecule has 100 valence electrons. The van der Waals surface area contributed by atoms with Gasteiger partial charge >= 0.3 is 0 Å². The molecular weight excluding hydrogens is 238 g/mol. The highest BCUT2D eigenvalue weighted by atomic mass is 32.2. The Kier molecular flexibility index (Phi) is 2.80. The van der Waals surface area contributed by atoms with Crippen molar-refractivity contribution >= 4 is 11.8 Å². The molecule has 0 N–H and O–H groups in total. The fourth-order valence-corrected chi connectivity index (χ4v) is 7.05. The molecular formula is C16H25NS. The van der Waals surface area contributed by atoms with Gasteiger partial charge in [0, 0.05) is 5.25 Å². The molecule has 0 aromatic heterocycles. The Bertz CT molecular complexity index is 398. The molecule has 0 heterocycles. The van der Waals surface area contributed by atoms with Crippen LogP contribution in [0.4, 0.5) is 0 Å². The van der Waals surface area contributed by atoms with E-state index < -0.39 is 0 Å². The van der Waals surface area contributed by atoms with Crippen LogP contribution in [0.5, 0.6) is 0 Å². The summed E-state index contributed by atoms with van der Waals surface area (Å²) in [6.45, 7) is 9.80. The third-order valence-electron chi connectivity index (χ3n) is 6.62. The van der Waals surface area contributed by atoms with E-state index in [1.807, 2.05) is 0 Å². The lowest BCUT2D eigenvalue weighted by atomic mass is 9.47. The van der Waals surface area contributed by atoms with E-state index in [4.69, 9.17) is 5.26 Å². The predicted molar refractivity (Wildman–Crippen MR) is 77.0 cm³/mol. The minimum absolute atomic E-state index is 0.448. The summed E-state index contributed by atoms with van der Waals surface area (Å²) in [5.74, 6) is 3.58. The molecule has 4 aliphatic rings. The first-order valence-corrected chi connectivity index (χ1v) is 8.33. The summed E-state index contributed by atoms with van der Waals surface area (Å²) in [5.41, 5.74) is 0.987. The van der Waals surface area contributed by atoms with Crippen molar-refractivity contribution < 1.29 is 0 Å². The Morgan fingerprint density at radius 2 is 1.94 bits per heavy atom. The summed E-state index contributed by atoms with van der Waals surface area (Å²) >= 11 is 1.57. The van der Waals surface area contributed by atoms with E-state index in [1.54, 1.807) is 11.8 Å². The first-order chi connectivity index (χ1) is 8.40. The highest BCUT2D eigenvalue weighted by Crippen LogP contribution is 2.72. The Morgan fingerprint density at radius 3 is 2.50 bits per heavy atom. The zero-order valence-electron chi connectivity index (χ0n) is 12.1. The van der Waals surface area contributed by atoms with Crippen molar-refractivity contribution in [2.45, 2.75) is 58.6 Å². The van der Waals surface area contributed by atoms with Crippen molar-refractivity contribution in [3.05, 3.63) is 0 Å². The lowest BCUT2D eigenvalue weighted by molar-refractivity contribution is -0.0816. The van der Waals surface area contributed by atoms with Crippen LogP contribution in [0.1, 0.15) is 53.4 Å². The zero-order chi connectivity index (χ0) is 13.1. The number of hydrogen-bond donors (Lipinski definition) is 0. The molecule has 4 saturated carbocycles. The van der Waals surface area contributed by atoms with Gasteiger partial charge in [0.25, 0.3) is 0 Å². The standard InChI is InChI=1S/C16H25NS/c1-10(2)12-5-13-15(3)6-11(12)7-16(13,4)14(8-15)18-9-17/h10-14H,5-8H2,1-4H3/t11-,12-,13+,14+,15+,16+/m1/s1. The molecule has 4 bridgehead atoms. The van der Waals surface area contributed by atoms with Gasteiger partial charge in [-0.3, -0.25) is 0 Å².